The van der Waals surface area contributed by atoms with Crippen LogP contribution >= 0.6 is 0 Å². The molecule has 0 aliphatic carbocycles. The van der Waals surface area contributed by atoms with Crippen LogP contribution in [0.1, 0.15) is 32.9 Å². The highest BCUT2D eigenvalue weighted by molar-refractivity contribution is 7.92. The standard InChI is InChI=1S/C19H20N4O4S/c1-11-9-15(17-12(2)21-27-18(17)20-11)19(24)23-8-7-14-13(10-23)5-4-6-16(14)22-28(3,25)26/h4-6,9,22H,7-8,10H2,1-3H3. The molecule has 3 heterocycles. The molecule has 1 amide bonds. The third-order valence-corrected chi connectivity index (χ3v) is 5.41. The van der Waals surface area contributed by atoms with Crippen LogP contribution in [-0.4, -0.2) is 42.2 Å². The molecule has 4 rings (SSSR count). The maximum Gasteiger partial charge on any atom is 0.258 e. The molecule has 1 aliphatic rings. The number of benzene rings is 1. The van der Waals surface area contributed by atoms with Gasteiger partial charge in [-0.1, -0.05) is 17.3 Å². The van der Waals surface area contributed by atoms with Gasteiger partial charge in [-0.15, -0.1) is 0 Å². The Hall–Kier alpha value is -2.94. The Morgan fingerprint density at radius 1 is 1.29 bits per heavy atom. The van der Waals surface area contributed by atoms with Crippen LogP contribution in [0.25, 0.3) is 11.1 Å². The lowest BCUT2D eigenvalue weighted by Crippen LogP contribution is -2.36. The lowest BCUT2D eigenvalue weighted by molar-refractivity contribution is 0.0736. The van der Waals surface area contributed by atoms with Gasteiger partial charge in [-0.05, 0) is 43.5 Å². The number of fused-ring (bicyclic) bond motifs is 2. The predicted molar refractivity (Wildman–Crippen MR) is 105 cm³/mol. The van der Waals surface area contributed by atoms with E-state index in [2.05, 4.69) is 14.9 Å². The normalized spacial score (nSPS) is 14.2. The summed E-state index contributed by atoms with van der Waals surface area (Å²) in [7, 11) is -3.37. The van der Waals surface area contributed by atoms with Gasteiger partial charge in [-0.2, -0.15) is 0 Å². The Bertz CT molecular complexity index is 1200. The first kappa shape index (κ1) is 18.4. The number of anilines is 1. The zero-order chi connectivity index (χ0) is 20.1. The van der Waals surface area contributed by atoms with Crippen LogP contribution < -0.4 is 4.72 Å². The zero-order valence-corrected chi connectivity index (χ0v) is 16.6. The monoisotopic (exact) mass is 400 g/mol. The van der Waals surface area contributed by atoms with Crippen molar-refractivity contribution in [3.63, 3.8) is 0 Å². The van der Waals surface area contributed by atoms with Gasteiger partial charge in [0.15, 0.2) is 0 Å². The lowest BCUT2D eigenvalue weighted by Gasteiger charge is -2.30. The molecule has 1 N–H and O–H groups in total. The molecule has 2 aromatic heterocycles. The molecular formula is C19H20N4O4S. The third kappa shape index (κ3) is 3.33. The van der Waals surface area contributed by atoms with Crippen LogP contribution in [0.3, 0.4) is 0 Å². The number of carbonyl (C=O) groups is 1. The number of rotatable bonds is 3. The van der Waals surface area contributed by atoms with E-state index in [1.807, 2.05) is 13.0 Å². The summed E-state index contributed by atoms with van der Waals surface area (Å²) in [5.74, 6) is -0.117. The molecule has 0 spiro atoms. The van der Waals surface area contributed by atoms with E-state index in [0.717, 1.165) is 17.4 Å². The van der Waals surface area contributed by atoms with E-state index >= 15 is 0 Å². The molecule has 28 heavy (non-hydrogen) atoms. The Balaban J connectivity index is 1.68. The highest BCUT2D eigenvalue weighted by atomic mass is 32.2. The van der Waals surface area contributed by atoms with Crippen LogP contribution in [0.4, 0.5) is 5.69 Å². The summed E-state index contributed by atoms with van der Waals surface area (Å²) in [5.41, 5.74) is 4.62. The Labute approximate surface area is 162 Å². The van der Waals surface area contributed by atoms with Gasteiger partial charge < -0.3 is 9.42 Å². The largest absolute Gasteiger partial charge is 0.336 e. The van der Waals surface area contributed by atoms with E-state index in [1.54, 1.807) is 30.0 Å². The molecule has 0 saturated carbocycles. The van der Waals surface area contributed by atoms with E-state index in [-0.39, 0.29) is 5.91 Å². The van der Waals surface area contributed by atoms with E-state index < -0.39 is 10.0 Å². The number of hydrogen-bond acceptors (Lipinski definition) is 6. The van der Waals surface area contributed by atoms with Gasteiger partial charge in [-0.3, -0.25) is 9.52 Å². The molecule has 0 unspecified atom stereocenters. The van der Waals surface area contributed by atoms with E-state index in [1.165, 1.54) is 0 Å². The molecule has 0 atom stereocenters. The van der Waals surface area contributed by atoms with Crippen molar-refractivity contribution in [2.75, 3.05) is 17.5 Å². The maximum absolute atomic E-state index is 13.3. The third-order valence-electron chi connectivity index (χ3n) is 4.82. The molecule has 9 heteroatoms. The van der Waals surface area contributed by atoms with Gasteiger partial charge in [-0.25, -0.2) is 13.4 Å². The number of hydrogen-bond donors (Lipinski definition) is 1. The summed E-state index contributed by atoms with van der Waals surface area (Å²) >= 11 is 0. The van der Waals surface area contributed by atoms with Crippen molar-refractivity contribution in [3.8, 4) is 0 Å². The van der Waals surface area contributed by atoms with Crippen molar-refractivity contribution >= 4 is 32.7 Å². The summed E-state index contributed by atoms with van der Waals surface area (Å²) in [6.07, 6.45) is 1.69. The second-order valence-corrected chi connectivity index (χ2v) is 8.80. The summed E-state index contributed by atoms with van der Waals surface area (Å²) < 4.78 is 31.0. The fraction of sp³-hybridized carbons (Fsp3) is 0.316. The summed E-state index contributed by atoms with van der Waals surface area (Å²) in [6, 6.07) is 7.21. The number of nitrogens with zero attached hydrogens (tertiary/aromatic N) is 3. The van der Waals surface area contributed by atoms with Crippen molar-refractivity contribution in [1.82, 2.24) is 15.0 Å². The van der Waals surface area contributed by atoms with Gasteiger partial charge in [0, 0.05) is 18.8 Å². The maximum atomic E-state index is 13.3. The van der Waals surface area contributed by atoms with E-state index in [9.17, 15) is 13.2 Å². The molecule has 8 nitrogen and oxygen atoms in total. The van der Waals surface area contributed by atoms with Crippen molar-refractivity contribution in [2.45, 2.75) is 26.8 Å². The first-order chi connectivity index (χ1) is 13.2. The minimum atomic E-state index is -3.37. The number of nitrogens with one attached hydrogen (secondary N) is 1. The first-order valence-electron chi connectivity index (χ1n) is 8.84. The molecular weight excluding hydrogens is 380 g/mol. The summed E-state index contributed by atoms with van der Waals surface area (Å²) in [4.78, 5) is 19.3. The Morgan fingerprint density at radius 3 is 2.82 bits per heavy atom. The average Bonchev–Trinajstić information content (AvgIpc) is 2.99. The molecule has 146 valence electrons. The van der Waals surface area contributed by atoms with Crippen LogP contribution in [0.15, 0.2) is 28.8 Å². The Kier molecular flexibility index (Phi) is 4.34. The molecule has 0 bridgehead atoms. The molecule has 1 aliphatic heterocycles. The fourth-order valence-electron chi connectivity index (χ4n) is 3.63. The predicted octanol–water partition coefficient (Wildman–Crippen LogP) is 2.41. The van der Waals surface area contributed by atoms with Crippen molar-refractivity contribution < 1.29 is 17.7 Å². The van der Waals surface area contributed by atoms with Crippen molar-refractivity contribution in [3.05, 3.63) is 52.3 Å². The summed E-state index contributed by atoms with van der Waals surface area (Å²) in [5, 5.41) is 4.57. The number of aryl methyl sites for hydroxylation is 2. The molecule has 0 saturated heterocycles. The van der Waals surface area contributed by atoms with Crippen LogP contribution in [-0.2, 0) is 23.0 Å². The second kappa shape index (κ2) is 6.59. The number of amides is 1. The van der Waals surface area contributed by atoms with Gasteiger partial charge >= 0.3 is 0 Å². The van der Waals surface area contributed by atoms with Crippen molar-refractivity contribution in [1.29, 1.82) is 0 Å². The highest BCUT2D eigenvalue weighted by Crippen LogP contribution is 2.29. The molecule has 0 radical (unpaired) electrons. The van der Waals surface area contributed by atoms with Crippen LogP contribution in [0.5, 0.6) is 0 Å². The number of carbonyl (C=O) groups excluding carboxylic acids is 1. The van der Waals surface area contributed by atoms with Crippen molar-refractivity contribution in [2.24, 2.45) is 0 Å². The van der Waals surface area contributed by atoms with Crippen LogP contribution in [0, 0.1) is 13.8 Å². The minimum Gasteiger partial charge on any atom is -0.336 e. The number of aromatic nitrogens is 2. The molecule has 0 fully saturated rings. The highest BCUT2D eigenvalue weighted by Gasteiger charge is 2.27. The molecule has 1 aromatic carbocycles. The average molecular weight is 400 g/mol. The summed E-state index contributed by atoms with van der Waals surface area (Å²) in [6.45, 7) is 4.49. The number of pyridine rings is 1. The van der Waals surface area contributed by atoms with Gasteiger partial charge in [0.2, 0.25) is 10.0 Å². The van der Waals surface area contributed by atoms with Gasteiger partial charge in [0.1, 0.15) is 0 Å². The number of sulfonamides is 1. The second-order valence-electron chi connectivity index (χ2n) is 7.05. The smallest absolute Gasteiger partial charge is 0.258 e. The fourth-order valence-corrected chi connectivity index (χ4v) is 4.23. The zero-order valence-electron chi connectivity index (χ0n) is 15.8. The van der Waals surface area contributed by atoms with E-state index in [4.69, 9.17) is 4.52 Å². The SMILES string of the molecule is Cc1cc(C(=O)N2CCc3c(cccc3NS(C)(=O)=O)C2)c2c(C)noc2n1. The van der Waals surface area contributed by atoms with Gasteiger partial charge in [0.25, 0.3) is 11.6 Å². The molecule has 3 aromatic rings. The van der Waals surface area contributed by atoms with Gasteiger partial charge in [0.05, 0.1) is 28.6 Å². The topological polar surface area (TPSA) is 105 Å². The van der Waals surface area contributed by atoms with E-state index in [0.29, 0.717) is 53.2 Å². The quantitative estimate of drug-likeness (QED) is 0.724. The Morgan fingerprint density at radius 2 is 2.07 bits per heavy atom. The minimum absolute atomic E-state index is 0.117. The van der Waals surface area contributed by atoms with Crippen LogP contribution in [0.2, 0.25) is 0 Å². The lowest BCUT2D eigenvalue weighted by atomic mass is 9.97. The first-order valence-corrected chi connectivity index (χ1v) is 10.7.